The fourth-order valence-electron chi connectivity index (χ4n) is 3.25. The first-order chi connectivity index (χ1) is 15.3. The molecule has 2 rings (SSSR count). The highest BCUT2D eigenvalue weighted by atomic mass is 16.3. The number of amides is 1. The zero-order chi connectivity index (χ0) is 23.4. The Labute approximate surface area is 189 Å². The Morgan fingerprint density at radius 2 is 1.41 bits per heavy atom. The summed E-state index contributed by atoms with van der Waals surface area (Å²) in [6, 6.07) is 0. The number of rotatable bonds is 0. The first-order valence-electron chi connectivity index (χ1n) is 10.5. The second-order valence-corrected chi connectivity index (χ2v) is 7.83. The number of nitrogens with one attached hydrogen (secondary N) is 1. The molecule has 0 aromatic carbocycles. The summed E-state index contributed by atoms with van der Waals surface area (Å²) in [5.41, 5.74) is -0.814. The highest BCUT2D eigenvalue weighted by Gasteiger charge is 2.43. The van der Waals surface area contributed by atoms with E-state index in [0.717, 1.165) is 0 Å². The number of allylic oxidation sites excluding steroid dienone is 16. The Morgan fingerprint density at radius 1 is 0.844 bits per heavy atom. The third-order valence-electron chi connectivity index (χ3n) is 4.95. The van der Waals surface area contributed by atoms with E-state index in [-0.39, 0.29) is 23.8 Å². The number of fused-ring (bicyclic) bond motifs is 1. The van der Waals surface area contributed by atoms with Gasteiger partial charge in [-0.3, -0.25) is 14.4 Å². The smallest absolute Gasteiger partial charge is 0.243 e. The molecule has 0 saturated carbocycles. The summed E-state index contributed by atoms with van der Waals surface area (Å²) >= 11 is 0. The Kier molecular flexibility index (Phi) is 9.36. The van der Waals surface area contributed by atoms with Gasteiger partial charge in [0.25, 0.3) is 0 Å². The molecule has 5 nitrogen and oxygen atoms in total. The second-order valence-electron chi connectivity index (χ2n) is 7.83. The molecular weight excluding hydrogens is 402 g/mol. The maximum Gasteiger partial charge on any atom is 0.243 e. The molecular formula is C27H29NO4. The van der Waals surface area contributed by atoms with Crippen molar-refractivity contribution in [3.05, 3.63) is 109 Å². The van der Waals surface area contributed by atoms with Crippen molar-refractivity contribution in [3.8, 4) is 0 Å². The SMILES string of the molecule is CC1C=CC=CC=CC=CC=CC(=O)C2=C(O)C(=O)CC2(C)C=CC=CC=CC(=O)NC1. The van der Waals surface area contributed by atoms with Crippen molar-refractivity contribution in [1.82, 2.24) is 5.32 Å². The molecule has 0 saturated heterocycles. The molecule has 1 aliphatic carbocycles. The van der Waals surface area contributed by atoms with Gasteiger partial charge in [0.1, 0.15) is 0 Å². The fourth-order valence-corrected chi connectivity index (χ4v) is 3.25. The summed E-state index contributed by atoms with van der Waals surface area (Å²) in [7, 11) is 0. The highest BCUT2D eigenvalue weighted by molar-refractivity contribution is 6.14. The van der Waals surface area contributed by atoms with E-state index in [4.69, 9.17) is 0 Å². The standard InChI is InChI=1S/C27H29NO4/c1-21-15-11-7-5-3-4-6-8-12-16-22(29)25-26(32)23(30)19-27(25,2)18-14-10-9-13-17-24(31)28-20-21/h3-18,21,32H,19-20H2,1-2H3,(H,28,31). The van der Waals surface area contributed by atoms with Crippen LogP contribution in [0.3, 0.4) is 0 Å². The number of carbonyl (C=O) groups is 3. The number of aliphatic hydroxyl groups excluding tert-OH is 1. The molecule has 2 unspecified atom stereocenters. The van der Waals surface area contributed by atoms with Gasteiger partial charge in [0.05, 0.1) is 5.57 Å². The number of carbonyl (C=O) groups excluding carboxylic acids is 3. The van der Waals surface area contributed by atoms with Crippen LogP contribution in [0.2, 0.25) is 0 Å². The zero-order valence-corrected chi connectivity index (χ0v) is 18.4. The molecule has 0 aromatic heterocycles. The molecule has 5 heteroatoms. The summed E-state index contributed by atoms with van der Waals surface area (Å²) in [4.78, 5) is 36.6. The minimum atomic E-state index is -0.902. The first kappa shape index (κ1) is 24.5. The fraction of sp³-hybridized carbons (Fsp3) is 0.222. The predicted molar refractivity (Wildman–Crippen MR) is 128 cm³/mol. The van der Waals surface area contributed by atoms with Gasteiger partial charge in [-0.1, -0.05) is 98.9 Å². The summed E-state index contributed by atoms with van der Waals surface area (Å²) < 4.78 is 0. The van der Waals surface area contributed by atoms with Crippen LogP contribution < -0.4 is 5.32 Å². The quantitative estimate of drug-likeness (QED) is 0.589. The monoisotopic (exact) mass is 431 g/mol. The Balaban J connectivity index is 2.27. The van der Waals surface area contributed by atoms with Crippen LogP contribution in [-0.4, -0.2) is 29.1 Å². The van der Waals surface area contributed by atoms with Crippen molar-refractivity contribution in [2.45, 2.75) is 20.3 Å². The van der Waals surface area contributed by atoms with Gasteiger partial charge in [-0.25, -0.2) is 0 Å². The van der Waals surface area contributed by atoms with Crippen molar-refractivity contribution in [1.29, 1.82) is 0 Å². The van der Waals surface area contributed by atoms with Crippen LogP contribution in [0.4, 0.5) is 0 Å². The molecule has 166 valence electrons. The molecule has 0 spiro atoms. The van der Waals surface area contributed by atoms with Crippen molar-refractivity contribution < 1.29 is 19.5 Å². The lowest BCUT2D eigenvalue weighted by molar-refractivity contribution is -0.118. The maximum absolute atomic E-state index is 12.7. The molecule has 1 heterocycles. The van der Waals surface area contributed by atoms with E-state index in [1.54, 1.807) is 55.5 Å². The average Bonchev–Trinajstić information content (AvgIpc) is 2.97. The van der Waals surface area contributed by atoms with E-state index in [1.807, 2.05) is 43.4 Å². The van der Waals surface area contributed by atoms with Gasteiger partial charge in [0.2, 0.25) is 5.91 Å². The molecule has 0 radical (unpaired) electrons. The predicted octanol–water partition coefficient (Wildman–Crippen LogP) is 4.56. The molecule has 0 fully saturated rings. The molecule has 2 atom stereocenters. The van der Waals surface area contributed by atoms with Crippen LogP contribution in [0.5, 0.6) is 0 Å². The van der Waals surface area contributed by atoms with Crippen LogP contribution in [0.15, 0.2) is 109 Å². The Bertz CT molecular complexity index is 999. The summed E-state index contributed by atoms with van der Waals surface area (Å²) in [6.07, 6.45) is 27.6. The molecule has 1 amide bonds. The second kappa shape index (κ2) is 12.2. The van der Waals surface area contributed by atoms with E-state index in [2.05, 4.69) is 5.32 Å². The van der Waals surface area contributed by atoms with Crippen molar-refractivity contribution in [2.24, 2.45) is 11.3 Å². The molecule has 2 aliphatic rings. The van der Waals surface area contributed by atoms with Crippen molar-refractivity contribution >= 4 is 17.5 Å². The lowest BCUT2D eigenvalue weighted by Gasteiger charge is -2.20. The number of hydrogen-bond donors (Lipinski definition) is 2. The van der Waals surface area contributed by atoms with Gasteiger partial charge in [-0.2, -0.15) is 0 Å². The number of ketones is 2. The van der Waals surface area contributed by atoms with Crippen LogP contribution in [0, 0.1) is 11.3 Å². The largest absolute Gasteiger partial charge is 0.504 e. The van der Waals surface area contributed by atoms with E-state index in [9.17, 15) is 19.5 Å². The lowest BCUT2D eigenvalue weighted by atomic mass is 9.80. The van der Waals surface area contributed by atoms with Gasteiger partial charge in [-0.05, 0) is 12.0 Å². The molecule has 2 N–H and O–H groups in total. The third-order valence-corrected chi connectivity index (χ3v) is 4.95. The van der Waals surface area contributed by atoms with Gasteiger partial charge in [0, 0.05) is 24.5 Å². The van der Waals surface area contributed by atoms with Gasteiger partial charge >= 0.3 is 0 Å². The summed E-state index contributed by atoms with van der Waals surface area (Å²) in [6.45, 7) is 4.28. The lowest BCUT2D eigenvalue weighted by Crippen LogP contribution is -2.25. The van der Waals surface area contributed by atoms with Crippen LogP contribution >= 0.6 is 0 Å². The topological polar surface area (TPSA) is 83.5 Å². The van der Waals surface area contributed by atoms with Gasteiger partial charge in [-0.15, -0.1) is 0 Å². The van der Waals surface area contributed by atoms with Gasteiger partial charge < -0.3 is 10.4 Å². The van der Waals surface area contributed by atoms with E-state index >= 15 is 0 Å². The molecule has 32 heavy (non-hydrogen) atoms. The minimum absolute atomic E-state index is 0.0213. The first-order valence-corrected chi connectivity index (χ1v) is 10.5. The molecule has 0 aromatic rings. The maximum atomic E-state index is 12.7. The number of Topliss-reactive ketones (excluding diaryl/α,β-unsaturated/α-hetero) is 1. The summed E-state index contributed by atoms with van der Waals surface area (Å²) in [5.74, 6) is -1.34. The average molecular weight is 432 g/mol. The van der Waals surface area contributed by atoms with Crippen LogP contribution in [0.1, 0.15) is 20.3 Å². The Hall–Kier alpha value is -3.73. The molecule has 0 bridgehead atoms. The zero-order valence-electron chi connectivity index (χ0n) is 18.4. The van der Waals surface area contributed by atoms with E-state index < -0.39 is 22.7 Å². The highest BCUT2D eigenvalue weighted by Crippen LogP contribution is 2.42. The normalized spacial score (nSPS) is 25.4. The van der Waals surface area contributed by atoms with Crippen molar-refractivity contribution in [2.75, 3.05) is 6.54 Å². The van der Waals surface area contributed by atoms with E-state index in [0.29, 0.717) is 6.54 Å². The van der Waals surface area contributed by atoms with Crippen LogP contribution in [0.25, 0.3) is 0 Å². The van der Waals surface area contributed by atoms with Gasteiger partial charge in [0.15, 0.2) is 17.3 Å². The minimum Gasteiger partial charge on any atom is -0.504 e. The number of hydrogen-bond acceptors (Lipinski definition) is 4. The van der Waals surface area contributed by atoms with E-state index in [1.165, 1.54) is 12.2 Å². The van der Waals surface area contributed by atoms with Crippen LogP contribution in [-0.2, 0) is 14.4 Å². The number of aliphatic hydroxyl groups is 1. The Morgan fingerprint density at radius 3 is 2.09 bits per heavy atom. The summed E-state index contributed by atoms with van der Waals surface area (Å²) in [5, 5.41) is 13.0. The third kappa shape index (κ3) is 7.51. The molecule has 1 aliphatic heterocycles. The van der Waals surface area contributed by atoms with Crippen molar-refractivity contribution in [3.63, 3.8) is 0 Å².